The lowest BCUT2D eigenvalue weighted by atomic mass is 10.0. The van der Waals surface area contributed by atoms with Crippen LogP contribution in [0.2, 0.25) is 0 Å². The van der Waals surface area contributed by atoms with Gasteiger partial charge in [-0.1, -0.05) is 22.9 Å². The molecule has 0 radical (unpaired) electrons. The Morgan fingerprint density at radius 3 is 2.61 bits per heavy atom. The third-order valence-electron chi connectivity index (χ3n) is 2.52. The summed E-state index contributed by atoms with van der Waals surface area (Å²) in [7, 11) is 0. The highest BCUT2D eigenvalue weighted by Crippen LogP contribution is 2.20. The summed E-state index contributed by atoms with van der Waals surface area (Å²) in [5.41, 5.74) is 1.72. The number of aliphatic carboxylic acids is 1. The van der Waals surface area contributed by atoms with Crippen LogP contribution < -0.4 is 5.32 Å². The Morgan fingerprint density at radius 1 is 1.39 bits per heavy atom. The number of rotatable bonds is 5. The van der Waals surface area contributed by atoms with Crippen LogP contribution in [-0.4, -0.2) is 17.0 Å². The second kappa shape index (κ2) is 6.54. The molecule has 1 aromatic carbocycles. The summed E-state index contributed by atoms with van der Waals surface area (Å²) in [4.78, 5) is 22.2. The van der Waals surface area contributed by atoms with E-state index in [1.165, 1.54) is 0 Å². The molecule has 0 aliphatic carbocycles. The zero-order chi connectivity index (χ0) is 13.7. The van der Waals surface area contributed by atoms with Gasteiger partial charge in [-0.05, 0) is 36.6 Å². The minimum absolute atomic E-state index is 0.00669. The lowest BCUT2D eigenvalue weighted by molar-refractivity contribution is -0.138. The predicted octanol–water partition coefficient (Wildman–Crippen LogP) is 3.20. The van der Waals surface area contributed by atoms with E-state index in [0.29, 0.717) is 0 Å². The average Bonchev–Trinajstić information content (AvgIpc) is 2.20. The summed E-state index contributed by atoms with van der Waals surface area (Å²) in [6.45, 7) is 3.66. The van der Waals surface area contributed by atoms with Crippen molar-refractivity contribution in [2.45, 2.75) is 26.7 Å². The third kappa shape index (κ3) is 4.87. The Kier molecular flexibility index (Phi) is 5.34. The van der Waals surface area contributed by atoms with E-state index < -0.39 is 5.97 Å². The summed E-state index contributed by atoms with van der Waals surface area (Å²) >= 11 is 3.35. The smallest absolute Gasteiger partial charge is 0.303 e. The maximum absolute atomic E-state index is 11.7. The first kappa shape index (κ1) is 14.7. The van der Waals surface area contributed by atoms with Gasteiger partial charge in [0.2, 0.25) is 5.91 Å². The van der Waals surface area contributed by atoms with Gasteiger partial charge in [0.05, 0.1) is 0 Å². The normalized spacial score (nSPS) is 11.9. The van der Waals surface area contributed by atoms with Gasteiger partial charge in [-0.2, -0.15) is 0 Å². The van der Waals surface area contributed by atoms with Crippen LogP contribution in [0.5, 0.6) is 0 Å². The van der Waals surface area contributed by atoms with Gasteiger partial charge in [0, 0.05) is 23.0 Å². The molecule has 0 heterocycles. The molecular formula is C13H16BrNO3. The number of halogens is 1. The van der Waals surface area contributed by atoms with E-state index in [2.05, 4.69) is 21.2 Å². The van der Waals surface area contributed by atoms with Crippen molar-refractivity contribution in [3.63, 3.8) is 0 Å². The molecular weight excluding hydrogens is 298 g/mol. The molecule has 0 fully saturated rings. The van der Waals surface area contributed by atoms with Crippen LogP contribution in [0.4, 0.5) is 5.69 Å². The fourth-order valence-corrected chi connectivity index (χ4v) is 2.13. The molecule has 0 aromatic heterocycles. The number of benzene rings is 1. The highest BCUT2D eigenvalue weighted by molar-refractivity contribution is 9.10. The van der Waals surface area contributed by atoms with E-state index in [-0.39, 0.29) is 24.7 Å². The molecule has 1 unspecified atom stereocenters. The molecule has 5 heteroatoms. The molecule has 18 heavy (non-hydrogen) atoms. The Bertz CT molecular complexity index is 460. The molecule has 0 aliphatic rings. The Morgan fingerprint density at radius 2 is 2.06 bits per heavy atom. The number of carbonyl (C=O) groups is 2. The Labute approximate surface area is 115 Å². The number of amides is 1. The first-order chi connectivity index (χ1) is 8.38. The fraction of sp³-hybridized carbons (Fsp3) is 0.385. The predicted molar refractivity (Wildman–Crippen MR) is 73.5 cm³/mol. The van der Waals surface area contributed by atoms with Gasteiger partial charge < -0.3 is 10.4 Å². The highest BCUT2D eigenvalue weighted by Gasteiger charge is 2.13. The summed E-state index contributed by atoms with van der Waals surface area (Å²) in [6, 6.07) is 5.58. The summed E-state index contributed by atoms with van der Waals surface area (Å²) in [6.07, 6.45) is 0.217. The first-order valence-corrected chi connectivity index (χ1v) is 6.45. The second-order valence-corrected chi connectivity index (χ2v) is 5.33. The van der Waals surface area contributed by atoms with Crippen molar-refractivity contribution in [2.75, 3.05) is 5.32 Å². The fourth-order valence-electron chi connectivity index (χ4n) is 1.66. The summed E-state index contributed by atoms with van der Waals surface area (Å²) in [5, 5.41) is 11.4. The molecule has 2 N–H and O–H groups in total. The largest absolute Gasteiger partial charge is 0.481 e. The number of nitrogens with one attached hydrogen (secondary N) is 1. The summed E-state index contributed by atoms with van der Waals surface area (Å²) in [5.74, 6) is -1.21. The van der Waals surface area contributed by atoms with Crippen LogP contribution in [0.25, 0.3) is 0 Å². The van der Waals surface area contributed by atoms with E-state index in [4.69, 9.17) is 5.11 Å². The molecule has 0 aliphatic heterocycles. The maximum atomic E-state index is 11.7. The van der Waals surface area contributed by atoms with Crippen molar-refractivity contribution in [3.8, 4) is 0 Å². The van der Waals surface area contributed by atoms with Gasteiger partial charge in [0.25, 0.3) is 0 Å². The minimum Gasteiger partial charge on any atom is -0.481 e. The molecule has 4 nitrogen and oxygen atoms in total. The number of hydrogen-bond acceptors (Lipinski definition) is 2. The van der Waals surface area contributed by atoms with Crippen molar-refractivity contribution >= 4 is 33.5 Å². The van der Waals surface area contributed by atoms with Crippen LogP contribution in [0.3, 0.4) is 0 Å². The van der Waals surface area contributed by atoms with Crippen molar-refractivity contribution in [1.82, 2.24) is 0 Å². The molecule has 0 bridgehead atoms. The van der Waals surface area contributed by atoms with E-state index in [1.807, 2.05) is 25.1 Å². The van der Waals surface area contributed by atoms with Gasteiger partial charge in [0.15, 0.2) is 0 Å². The van der Waals surface area contributed by atoms with Gasteiger partial charge in [-0.25, -0.2) is 0 Å². The average molecular weight is 314 g/mol. The van der Waals surface area contributed by atoms with Crippen LogP contribution >= 0.6 is 15.9 Å². The van der Waals surface area contributed by atoms with Gasteiger partial charge >= 0.3 is 5.97 Å². The van der Waals surface area contributed by atoms with Gasteiger partial charge in [-0.3, -0.25) is 9.59 Å². The van der Waals surface area contributed by atoms with Crippen LogP contribution in [0, 0.1) is 12.8 Å². The van der Waals surface area contributed by atoms with Crippen molar-refractivity contribution < 1.29 is 14.7 Å². The molecule has 98 valence electrons. The van der Waals surface area contributed by atoms with Crippen molar-refractivity contribution in [3.05, 3.63) is 28.2 Å². The zero-order valence-corrected chi connectivity index (χ0v) is 12.0. The first-order valence-electron chi connectivity index (χ1n) is 5.66. The van der Waals surface area contributed by atoms with Gasteiger partial charge in [0.1, 0.15) is 0 Å². The number of carboxylic acid groups (broad SMARTS) is 1. The molecule has 0 saturated carbocycles. The number of aryl methyl sites for hydroxylation is 1. The number of anilines is 1. The third-order valence-corrected chi connectivity index (χ3v) is 3.01. The minimum atomic E-state index is -0.880. The quantitative estimate of drug-likeness (QED) is 0.877. The van der Waals surface area contributed by atoms with Gasteiger partial charge in [-0.15, -0.1) is 0 Å². The lowest BCUT2D eigenvalue weighted by Gasteiger charge is -2.11. The van der Waals surface area contributed by atoms with E-state index in [1.54, 1.807) is 6.92 Å². The maximum Gasteiger partial charge on any atom is 0.303 e. The number of hydrogen-bond donors (Lipinski definition) is 2. The zero-order valence-electron chi connectivity index (χ0n) is 10.4. The summed E-state index contributed by atoms with van der Waals surface area (Å²) < 4.78 is 0.956. The van der Waals surface area contributed by atoms with Crippen LogP contribution in [-0.2, 0) is 9.59 Å². The van der Waals surface area contributed by atoms with Crippen LogP contribution in [0.1, 0.15) is 25.3 Å². The molecule has 1 amide bonds. The van der Waals surface area contributed by atoms with E-state index in [9.17, 15) is 9.59 Å². The topological polar surface area (TPSA) is 66.4 Å². The Hall–Kier alpha value is -1.36. The number of carbonyl (C=O) groups excluding carboxylic acids is 1. The lowest BCUT2D eigenvalue weighted by Crippen LogP contribution is -2.17. The van der Waals surface area contributed by atoms with Crippen LogP contribution in [0.15, 0.2) is 22.7 Å². The highest BCUT2D eigenvalue weighted by atomic mass is 79.9. The second-order valence-electron chi connectivity index (χ2n) is 4.41. The molecule has 0 saturated heterocycles. The monoisotopic (exact) mass is 313 g/mol. The molecule has 0 spiro atoms. The van der Waals surface area contributed by atoms with Crippen molar-refractivity contribution in [1.29, 1.82) is 0 Å². The molecule has 1 aromatic rings. The van der Waals surface area contributed by atoms with E-state index in [0.717, 1.165) is 15.7 Å². The standard InChI is InChI=1S/C13H16BrNO3/c1-8(6-13(17)18)5-12(16)15-11-4-3-10(14)7-9(11)2/h3-4,7-8H,5-6H2,1-2H3,(H,15,16)(H,17,18). The molecule has 1 atom stereocenters. The molecule has 1 rings (SSSR count). The SMILES string of the molecule is Cc1cc(Br)ccc1NC(=O)CC(C)CC(=O)O. The Balaban J connectivity index is 2.56. The van der Waals surface area contributed by atoms with Crippen molar-refractivity contribution in [2.24, 2.45) is 5.92 Å². The van der Waals surface area contributed by atoms with E-state index >= 15 is 0 Å². The number of carboxylic acids is 1.